The first kappa shape index (κ1) is 12.8. The van der Waals surface area contributed by atoms with Crippen molar-refractivity contribution >= 4 is 17.4 Å². The molecule has 1 aromatic rings. The van der Waals surface area contributed by atoms with Gasteiger partial charge in [0.2, 0.25) is 0 Å². The fourth-order valence-electron chi connectivity index (χ4n) is 2.33. The minimum absolute atomic E-state index is 0.345. The molecule has 1 aromatic carbocycles. The van der Waals surface area contributed by atoms with Crippen LogP contribution in [0.1, 0.15) is 31.4 Å². The van der Waals surface area contributed by atoms with Gasteiger partial charge in [0, 0.05) is 30.1 Å². The predicted octanol–water partition coefficient (Wildman–Crippen LogP) is 3.07. The monoisotopic (exact) mass is 251 g/mol. The molecule has 1 aliphatic heterocycles. The minimum atomic E-state index is -0.345. The summed E-state index contributed by atoms with van der Waals surface area (Å²) in [5, 5.41) is 10.1. The Balaban J connectivity index is 2.24. The zero-order chi connectivity index (χ0) is 12.3. The van der Waals surface area contributed by atoms with Crippen LogP contribution in [0.25, 0.3) is 0 Å². The first-order valence-electron chi connectivity index (χ1n) is 6.31. The van der Waals surface area contributed by atoms with E-state index in [2.05, 4.69) is 24.1 Å². The van der Waals surface area contributed by atoms with Crippen LogP contribution in [0.3, 0.4) is 0 Å². The van der Waals surface area contributed by atoms with Crippen molar-refractivity contribution in [3.05, 3.63) is 29.8 Å². The van der Waals surface area contributed by atoms with Crippen LogP contribution in [0, 0.1) is 0 Å². The summed E-state index contributed by atoms with van der Waals surface area (Å²) in [6.45, 7) is 2.02. The first-order chi connectivity index (χ1) is 8.24. The van der Waals surface area contributed by atoms with E-state index >= 15 is 0 Å². The van der Waals surface area contributed by atoms with E-state index in [1.165, 1.54) is 23.6 Å². The molecule has 2 atom stereocenters. The SMILES string of the molecule is CC[C@@H](O)c1ccccc1N(C)C1CCSC1. The average molecular weight is 251 g/mol. The van der Waals surface area contributed by atoms with E-state index in [0.29, 0.717) is 6.04 Å². The normalized spacial score (nSPS) is 21.5. The summed E-state index contributed by atoms with van der Waals surface area (Å²) in [5.74, 6) is 2.46. The second kappa shape index (κ2) is 5.78. The van der Waals surface area contributed by atoms with Crippen LogP contribution in [0.4, 0.5) is 5.69 Å². The van der Waals surface area contributed by atoms with Gasteiger partial charge in [-0.05, 0) is 24.7 Å². The average Bonchev–Trinajstić information content (AvgIpc) is 2.91. The molecule has 1 saturated heterocycles. The van der Waals surface area contributed by atoms with Crippen LogP contribution >= 0.6 is 11.8 Å². The van der Waals surface area contributed by atoms with Gasteiger partial charge in [0.05, 0.1) is 6.10 Å². The van der Waals surface area contributed by atoms with Gasteiger partial charge in [-0.25, -0.2) is 0 Å². The Labute approximate surface area is 108 Å². The molecule has 0 spiro atoms. The Morgan fingerprint density at radius 2 is 2.24 bits per heavy atom. The molecule has 0 amide bonds. The fourth-order valence-corrected chi connectivity index (χ4v) is 3.60. The van der Waals surface area contributed by atoms with Crippen molar-refractivity contribution < 1.29 is 5.11 Å². The molecule has 0 aliphatic carbocycles. The Hall–Kier alpha value is -0.670. The maximum atomic E-state index is 10.1. The van der Waals surface area contributed by atoms with Crippen molar-refractivity contribution in [3.63, 3.8) is 0 Å². The van der Waals surface area contributed by atoms with Crippen molar-refractivity contribution in [2.45, 2.75) is 31.9 Å². The summed E-state index contributed by atoms with van der Waals surface area (Å²) in [4.78, 5) is 2.34. The second-order valence-corrected chi connectivity index (χ2v) is 5.76. The molecule has 1 fully saturated rings. The maximum absolute atomic E-state index is 10.1. The Morgan fingerprint density at radius 3 is 2.88 bits per heavy atom. The van der Waals surface area contributed by atoms with Crippen LogP contribution in [-0.4, -0.2) is 29.7 Å². The lowest BCUT2D eigenvalue weighted by atomic mass is 10.0. The van der Waals surface area contributed by atoms with Gasteiger partial charge in [-0.2, -0.15) is 11.8 Å². The third-order valence-electron chi connectivity index (χ3n) is 3.52. The largest absolute Gasteiger partial charge is 0.388 e. The Bertz CT molecular complexity index is 363. The van der Waals surface area contributed by atoms with Crippen molar-refractivity contribution in [3.8, 4) is 0 Å². The van der Waals surface area contributed by atoms with E-state index in [1.807, 2.05) is 30.8 Å². The minimum Gasteiger partial charge on any atom is -0.388 e. The van der Waals surface area contributed by atoms with Crippen molar-refractivity contribution in [2.75, 3.05) is 23.5 Å². The van der Waals surface area contributed by atoms with Gasteiger partial charge in [0.25, 0.3) is 0 Å². The highest BCUT2D eigenvalue weighted by atomic mass is 32.2. The molecular formula is C14H21NOS. The van der Waals surface area contributed by atoms with Crippen LogP contribution < -0.4 is 4.90 Å². The fraction of sp³-hybridized carbons (Fsp3) is 0.571. The molecule has 0 saturated carbocycles. The maximum Gasteiger partial charge on any atom is 0.0807 e. The van der Waals surface area contributed by atoms with Gasteiger partial charge >= 0.3 is 0 Å². The lowest BCUT2D eigenvalue weighted by Gasteiger charge is -2.29. The third kappa shape index (κ3) is 2.78. The number of aliphatic hydroxyl groups excluding tert-OH is 1. The van der Waals surface area contributed by atoms with Crippen LogP contribution in [0.5, 0.6) is 0 Å². The number of hydrogen-bond donors (Lipinski definition) is 1. The Morgan fingerprint density at radius 1 is 1.47 bits per heavy atom. The van der Waals surface area contributed by atoms with E-state index in [-0.39, 0.29) is 6.10 Å². The second-order valence-electron chi connectivity index (χ2n) is 4.61. The van der Waals surface area contributed by atoms with Gasteiger partial charge in [-0.3, -0.25) is 0 Å². The number of anilines is 1. The molecule has 0 radical (unpaired) electrons. The number of benzene rings is 1. The highest BCUT2D eigenvalue weighted by Crippen LogP contribution is 2.31. The molecule has 1 N–H and O–H groups in total. The van der Waals surface area contributed by atoms with Gasteiger partial charge in [-0.15, -0.1) is 0 Å². The van der Waals surface area contributed by atoms with Crippen LogP contribution in [-0.2, 0) is 0 Å². The number of aliphatic hydroxyl groups is 1. The summed E-state index contributed by atoms with van der Waals surface area (Å²) in [5.41, 5.74) is 2.25. The molecule has 94 valence electrons. The highest BCUT2D eigenvalue weighted by Gasteiger charge is 2.23. The van der Waals surface area contributed by atoms with Crippen molar-refractivity contribution in [1.82, 2.24) is 0 Å². The topological polar surface area (TPSA) is 23.5 Å². The lowest BCUT2D eigenvalue weighted by molar-refractivity contribution is 0.174. The van der Waals surface area contributed by atoms with E-state index in [4.69, 9.17) is 0 Å². The number of para-hydroxylation sites is 1. The van der Waals surface area contributed by atoms with Crippen LogP contribution in [0.15, 0.2) is 24.3 Å². The standard InChI is InChI=1S/C14H21NOS/c1-3-14(16)12-6-4-5-7-13(12)15(2)11-8-9-17-10-11/h4-7,11,14,16H,3,8-10H2,1-2H3/t11?,14-/m1/s1. The molecule has 17 heavy (non-hydrogen) atoms. The quantitative estimate of drug-likeness (QED) is 0.889. The van der Waals surface area contributed by atoms with E-state index in [0.717, 1.165) is 12.0 Å². The van der Waals surface area contributed by atoms with E-state index in [1.54, 1.807) is 0 Å². The van der Waals surface area contributed by atoms with Crippen molar-refractivity contribution in [2.24, 2.45) is 0 Å². The molecule has 1 unspecified atom stereocenters. The third-order valence-corrected chi connectivity index (χ3v) is 4.66. The zero-order valence-electron chi connectivity index (χ0n) is 10.6. The van der Waals surface area contributed by atoms with Gasteiger partial charge in [0.1, 0.15) is 0 Å². The predicted molar refractivity (Wildman–Crippen MR) is 75.8 cm³/mol. The first-order valence-corrected chi connectivity index (χ1v) is 7.47. The summed E-state index contributed by atoms with van der Waals surface area (Å²) < 4.78 is 0. The van der Waals surface area contributed by atoms with Crippen LogP contribution in [0.2, 0.25) is 0 Å². The van der Waals surface area contributed by atoms with Gasteiger partial charge < -0.3 is 10.0 Å². The van der Waals surface area contributed by atoms with Gasteiger partial charge in [0.15, 0.2) is 0 Å². The van der Waals surface area contributed by atoms with Gasteiger partial charge in [-0.1, -0.05) is 25.1 Å². The van der Waals surface area contributed by atoms with E-state index in [9.17, 15) is 5.11 Å². The smallest absolute Gasteiger partial charge is 0.0807 e. The molecule has 1 aliphatic rings. The number of nitrogens with zero attached hydrogens (tertiary/aromatic N) is 1. The molecule has 3 heteroatoms. The summed E-state index contributed by atoms with van der Waals surface area (Å²) >= 11 is 2.02. The molecule has 1 heterocycles. The molecule has 0 aromatic heterocycles. The summed E-state index contributed by atoms with van der Waals surface area (Å²) in [6.07, 6.45) is 1.67. The zero-order valence-corrected chi connectivity index (χ0v) is 11.4. The number of thioether (sulfide) groups is 1. The molecule has 0 bridgehead atoms. The summed E-state index contributed by atoms with van der Waals surface area (Å²) in [7, 11) is 2.15. The number of rotatable bonds is 4. The molecule has 2 nitrogen and oxygen atoms in total. The molecular weight excluding hydrogens is 230 g/mol. The van der Waals surface area contributed by atoms with E-state index < -0.39 is 0 Å². The summed E-state index contributed by atoms with van der Waals surface area (Å²) in [6, 6.07) is 8.85. The van der Waals surface area contributed by atoms with Crippen molar-refractivity contribution in [1.29, 1.82) is 0 Å². The lowest BCUT2D eigenvalue weighted by Crippen LogP contribution is -2.32. The Kier molecular flexibility index (Phi) is 4.35. The highest BCUT2D eigenvalue weighted by molar-refractivity contribution is 7.99. The molecule has 2 rings (SSSR count). The number of hydrogen-bond acceptors (Lipinski definition) is 3.